The highest BCUT2D eigenvalue weighted by Crippen LogP contribution is 2.26. The SMILES string of the molecule is Cc1nc2cc(NCCN)nc(Nc3ccc(N4CCOCC4)cc3)c2c(=O)[nH]1. The number of aromatic amines is 1. The van der Waals surface area contributed by atoms with Crippen LogP contribution in [0.3, 0.4) is 0 Å². The molecule has 1 aromatic carbocycles. The van der Waals surface area contributed by atoms with E-state index < -0.39 is 0 Å². The van der Waals surface area contributed by atoms with Crippen LogP contribution >= 0.6 is 0 Å². The van der Waals surface area contributed by atoms with E-state index in [1.54, 1.807) is 13.0 Å². The maximum atomic E-state index is 12.6. The number of nitrogens with one attached hydrogen (secondary N) is 3. The Hall–Kier alpha value is -3.17. The van der Waals surface area contributed by atoms with E-state index in [2.05, 4.69) is 42.6 Å². The number of ether oxygens (including phenoxy) is 1. The van der Waals surface area contributed by atoms with Crippen molar-refractivity contribution in [3.63, 3.8) is 0 Å². The number of H-pyrrole nitrogens is 1. The Morgan fingerprint density at radius 2 is 1.97 bits per heavy atom. The standard InChI is InChI=1S/C20H25N7O2/c1-13-23-16-12-17(22-7-6-21)26-19(18(16)20(28)24-13)25-14-2-4-15(5-3-14)27-8-10-29-11-9-27/h2-5,12H,6-11,21H2,1H3,(H2,22,25,26)(H,23,24,28). The summed E-state index contributed by atoms with van der Waals surface area (Å²) in [6, 6.07) is 9.83. The van der Waals surface area contributed by atoms with Gasteiger partial charge in [0.1, 0.15) is 22.8 Å². The van der Waals surface area contributed by atoms with Crippen LogP contribution in [-0.2, 0) is 4.74 Å². The predicted octanol–water partition coefficient (Wildman–Crippen LogP) is 1.58. The fraction of sp³-hybridized carbons (Fsp3) is 0.350. The number of aryl methyl sites for hydroxylation is 1. The fourth-order valence-electron chi connectivity index (χ4n) is 3.37. The lowest BCUT2D eigenvalue weighted by Crippen LogP contribution is -2.36. The highest BCUT2D eigenvalue weighted by Gasteiger charge is 2.14. The zero-order valence-corrected chi connectivity index (χ0v) is 16.4. The number of morpholine rings is 1. The predicted molar refractivity (Wildman–Crippen MR) is 115 cm³/mol. The molecule has 0 atom stereocenters. The molecule has 1 saturated heterocycles. The average molecular weight is 395 g/mol. The molecule has 2 aromatic heterocycles. The number of aromatic nitrogens is 3. The molecule has 1 aliphatic rings. The molecule has 1 aliphatic heterocycles. The van der Waals surface area contributed by atoms with Crippen LogP contribution in [-0.4, -0.2) is 54.3 Å². The number of nitrogens with zero attached hydrogens (tertiary/aromatic N) is 3. The largest absolute Gasteiger partial charge is 0.378 e. The first-order valence-corrected chi connectivity index (χ1v) is 9.69. The van der Waals surface area contributed by atoms with E-state index in [0.29, 0.717) is 41.5 Å². The molecule has 4 rings (SSSR count). The Bertz CT molecular complexity index is 1040. The van der Waals surface area contributed by atoms with Crippen LogP contribution in [0.2, 0.25) is 0 Å². The monoisotopic (exact) mass is 395 g/mol. The zero-order chi connectivity index (χ0) is 20.2. The highest BCUT2D eigenvalue weighted by atomic mass is 16.5. The van der Waals surface area contributed by atoms with Gasteiger partial charge in [-0.2, -0.15) is 0 Å². The van der Waals surface area contributed by atoms with E-state index >= 15 is 0 Å². The molecule has 0 spiro atoms. The van der Waals surface area contributed by atoms with Crippen LogP contribution in [0, 0.1) is 6.92 Å². The molecular formula is C20H25N7O2. The van der Waals surface area contributed by atoms with Gasteiger partial charge in [0.05, 0.1) is 18.7 Å². The fourth-order valence-corrected chi connectivity index (χ4v) is 3.37. The molecule has 9 heteroatoms. The van der Waals surface area contributed by atoms with Crippen molar-refractivity contribution in [2.75, 3.05) is 54.9 Å². The Kier molecular flexibility index (Phi) is 5.59. The third-order valence-electron chi connectivity index (χ3n) is 4.77. The molecule has 3 heterocycles. The molecule has 0 saturated carbocycles. The minimum atomic E-state index is -0.224. The summed E-state index contributed by atoms with van der Waals surface area (Å²) < 4.78 is 5.41. The van der Waals surface area contributed by atoms with Crippen molar-refractivity contribution >= 4 is 33.9 Å². The molecular weight excluding hydrogens is 370 g/mol. The second kappa shape index (κ2) is 8.46. The lowest BCUT2D eigenvalue weighted by atomic mass is 10.2. The molecule has 5 N–H and O–H groups in total. The van der Waals surface area contributed by atoms with Crippen LogP contribution in [0.5, 0.6) is 0 Å². The summed E-state index contributed by atoms with van der Waals surface area (Å²) >= 11 is 0. The number of benzene rings is 1. The zero-order valence-electron chi connectivity index (χ0n) is 16.4. The van der Waals surface area contributed by atoms with Gasteiger partial charge in [0.2, 0.25) is 0 Å². The highest BCUT2D eigenvalue weighted by molar-refractivity contribution is 5.92. The maximum absolute atomic E-state index is 12.6. The third kappa shape index (κ3) is 4.30. The first kappa shape index (κ1) is 19.2. The van der Waals surface area contributed by atoms with Gasteiger partial charge in [-0.25, -0.2) is 9.97 Å². The second-order valence-corrected chi connectivity index (χ2v) is 6.89. The normalized spacial score (nSPS) is 14.2. The first-order chi connectivity index (χ1) is 14.1. The molecule has 29 heavy (non-hydrogen) atoms. The summed E-state index contributed by atoms with van der Waals surface area (Å²) in [5.74, 6) is 1.63. The van der Waals surface area contributed by atoms with Gasteiger partial charge in [0.15, 0.2) is 0 Å². The maximum Gasteiger partial charge on any atom is 0.262 e. The molecule has 3 aromatic rings. The van der Waals surface area contributed by atoms with Crippen molar-refractivity contribution in [2.24, 2.45) is 5.73 Å². The van der Waals surface area contributed by atoms with E-state index in [1.807, 2.05) is 12.1 Å². The minimum Gasteiger partial charge on any atom is -0.378 e. The van der Waals surface area contributed by atoms with Gasteiger partial charge >= 0.3 is 0 Å². The number of anilines is 4. The average Bonchev–Trinajstić information content (AvgIpc) is 2.73. The summed E-state index contributed by atoms with van der Waals surface area (Å²) in [6.45, 7) is 6.07. The Morgan fingerprint density at radius 3 is 2.69 bits per heavy atom. The first-order valence-electron chi connectivity index (χ1n) is 9.69. The number of hydrogen-bond acceptors (Lipinski definition) is 8. The Balaban J connectivity index is 1.66. The van der Waals surface area contributed by atoms with Crippen LogP contribution in [0.15, 0.2) is 35.1 Å². The van der Waals surface area contributed by atoms with E-state index in [1.165, 1.54) is 0 Å². The number of fused-ring (bicyclic) bond motifs is 1. The third-order valence-corrected chi connectivity index (χ3v) is 4.77. The number of pyridine rings is 1. The summed E-state index contributed by atoms with van der Waals surface area (Å²) in [4.78, 5) is 26.6. The molecule has 0 aliphatic carbocycles. The van der Waals surface area contributed by atoms with Crippen LogP contribution in [0.25, 0.3) is 10.9 Å². The Labute approximate surface area is 168 Å². The van der Waals surface area contributed by atoms with Crippen molar-refractivity contribution in [1.29, 1.82) is 0 Å². The minimum absolute atomic E-state index is 0.224. The summed E-state index contributed by atoms with van der Waals surface area (Å²) in [7, 11) is 0. The number of hydrogen-bond donors (Lipinski definition) is 4. The van der Waals surface area contributed by atoms with Crippen LogP contribution in [0.1, 0.15) is 5.82 Å². The van der Waals surface area contributed by atoms with Gasteiger partial charge in [0, 0.05) is 43.6 Å². The molecule has 152 valence electrons. The van der Waals surface area contributed by atoms with Gasteiger partial charge in [-0.1, -0.05) is 0 Å². The van der Waals surface area contributed by atoms with E-state index in [9.17, 15) is 4.79 Å². The van der Waals surface area contributed by atoms with Crippen molar-refractivity contribution in [1.82, 2.24) is 15.0 Å². The van der Waals surface area contributed by atoms with Gasteiger partial charge in [-0.3, -0.25) is 4.79 Å². The topological polar surface area (TPSA) is 121 Å². The van der Waals surface area contributed by atoms with E-state index in [0.717, 1.165) is 37.7 Å². The number of rotatable bonds is 6. The van der Waals surface area contributed by atoms with Crippen molar-refractivity contribution < 1.29 is 4.74 Å². The molecule has 0 unspecified atom stereocenters. The molecule has 0 bridgehead atoms. The van der Waals surface area contributed by atoms with E-state index in [-0.39, 0.29) is 5.56 Å². The van der Waals surface area contributed by atoms with Gasteiger partial charge in [0.25, 0.3) is 5.56 Å². The quantitative estimate of drug-likeness (QED) is 0.496. The van der Waals surface area contributed by atoms with Gasteiger partial charge in [-0.15, -0.1) is 0 Å². The molecule has 0 amide bonds. The van der Waals surface area contributed by atoms with Crippen LogP contribution < -0.4 is 26.8 Å². The van der Waals surface area contributed by atoms with Crippen molar-refractivity contribution in [3.8, 4) is 0 Å². The lowest BCUT2D eigenvalue weighted by molar-refractivity contribution is 0.122. The van der Waals surface area contributed by atoms with Crippen molar-refractivity contribution in [2.45, 2.75) is 6.92 Å². The summed E-state index contributed by atoms with van der Waals surface area (Å²) in [5, 5.41) is 6.85. The second-order valence-electron chi connectivity index (χ2n) is 6.89. The van der Waals surface area contributed by atoms with Gasteiger partial charge in [-0.05, 0) is 31.2 Å². The van der Waals surface area contributed by atoms with Crippen LogP contribution in [0.4, 0.5) is 23.0 Å². The summed E-state index contributed by atoms with van der Waals surface area (Å²) in [6.07, 6.45) is 0. The van der Waals surface area contributed by atoms with E-state index in [4.69, 9.17) is 10.5 Å². The van der Waals surface area contributed by atoms with Crippen molar-refractivity contribution in [3.05, 3.63) is 46.5 Å². The van der Waals surface area contributed by atoms with Gasteiger partial charge < -0.3 is 31.0 Å². The lowest BCUT2D eigenvalue weighted by Gasteiger charge is -2.28. The smallest absolute Gasteiger partial charge is 0.262 e. The summed E-state index contributed by atoms with van der Waals surface area (Å²) in [5.41, 5.74) is 7.92. The Morgan fingerprint density at radius 1 is 1.21 bits per heavy atom. The number of nitrogens with two attached hydrogens (primary N) is 1. The molecule has 1 fully saturated rings. The molecule has 0 radical (unpaired) electrons. The molecule has 9 nitrogen and oxygen atoms in total.